The van der Waals surface area contributed by atoms with Gasteiger partial charge in [0.2, 0.25) is 10.0 Å². The SMILES string of the molecule is COc1ccc(NC(=O)c2ccnc(Cl)c2)cc1S(=O)(=O)N(C)C. The van der Waals surface area contributed by atoms with Crippen molar-refractivity contribution in [3.63, 3.8) is 0 Å². The number of amides is 1. The van der Waals surface area contributed by atoms with Gasteiger partial charge in [-0.25, -0.2) is 17.7 Å². The Morgan fingerprint density at radius 3 is 2.54 bits per heavy atom. The summed E-state index contributed by atoms with van der Waals surface area (Å²) in [5, 5.41) is 2.81. The van der Waals surface area contributed by atoms with Crippen molar-refractivity contribution in [1.29, 1.82) is 0 Å². The molecule has 1 N–H and O–H groups in total. The average molecular weight is 370 g/mol. The normalized spacial score (nSPS) is 11.4. The second-order valence-electron chi connectivity index (χ2n) is 4.97. The number of anilines is 1. The van der Waals surface area contributed by atoms with Crippen LogP contribution in [0.4, 0.5) is 5.69 Å². The quantitative estimate of drug-likeness (QED) is 0.816. The smallest absolute Gasteiger partial charge is 0.255 e. The molecule has 2 rings (SSSR count). The number of halogens is 1. The third-order valence-electron chi connectivity index (χ3n) is 3.17. The number of rotatable bonds is 5. The molecule has 0 saturated heterocycles. The van der Waals surface area contributed by atoms with Gasteiger partial charge in [0.15, 0.2) is 0 Å². The predicted octanol–water partition coefficient (Wildman–Crippen LogP) is 2.25. The average Bonchev–Trinajstić information content (AvgIpc) is 2.54. The van der Waals surface area contributed by atoms with Gasteiger partial charge < -0.3 is 10.1 Å². The van der Waals surface area contributed by atoms with Crippen molar-refractivity contribution in [2.24, 2.45) is 0 Å². The highest BCUT2D eigenvalue weighted by Crippen LogP contribution is 2.29. The Hall–Kier alpha value is -2.16. The highest BCUT2D eigenvalue weighted by molar-refractivity contribution is 7.89. The number of benzene rings is 1. The Balaban J connectivity index is 2.37. The Morgan fingerprint density at radius 2 is 1.96 bits per heavy atom. The number of methoxy groups -OCH3 is 1. The van der Waals surface area contributed by atoms with E-state index in [1.54, 1.807) is 6.07 Å². The van der Waals surface area contributed by atoms with Gasteiger partial charge in [0.05, 0.1) is 7.11 Å². The second kappa shape index (κ2) is 7.16. The zero-order chi connectivity index (χ0) is 17.9. The van der Waals surface area contributed by atoms with Crippen molar-refractivity contribution in [2.75, 3.05) is 26.5 Å². The molecule has 0 spiro atoms. The van der Waals surface area contributed by atoms with Crippen molar-refractivity contribution >= 4 is 33.2 Å². The summed E-state index contributed by atoms with van der Waals surface area (Å²) in [5.41, 5.74) is 0.622. The fourth-order valence-corrected chi connectivity index (χ4v) is 3.15. The molecule has 1 aromatic carbocycles. The Morgan fingerprint density at radius 1 is 1.25 bits per heavy atom. The molecule has 128 valence electrons. The number of ether oxygens (including phenoxy) is 1. The van der Waals surface area contributed by atoms with E-state index >= 15 is 0 Å². The minimum Gasteiger partial charge on any atom is -0.495 e. The minimum absolute atomic E-state index is 0.0411. The summed E-state index contributed by atoms with van der Waals surface area (Å²) in [6, 6.07) is 7.29. The molecule has 1 amide bonds. The van der Waals surface area contributed by atoms with Crippen LogP contribution in [0.3, 0.4) is 0 Å². The van der Waals surface area contributed by atoms with E-state index in [1.165, 1.54) is 51.7 Å². The lowest BCUT2D eigenvalue weighted by Crippen LogP contribution is -2.23. The van der Waals surface area contributed by atoms with Gasteiger partial charge in [-0.15, -0.1) is 0 Å². The molecule has 24 heavy (non-hydrogen) atoms. The lowest BCUT2D eigenvalue weighted by atomic mass is 10.2. The number of carbonyl (C=O) groups is 1. The summed E-state index contributed by atoms with van der Waals surface area (Å²) in [6.45, 7) is 0. The molecular formula is C15H16ClN3O4S. The van der Waals surface area contributed by atoms with Gasteiger partial charge in [0.1, 0.15) is 15.8 Å². The molecule has 0 atom stereocenters. The van der Waals surface area contributed by atoms with Crippen LogP contribution in [0.1, 0.15) is 10.4 Å². The van der Waals surface area contributed by atoms with E-state index < -0.39 is 15.9 Å². The fourth-order valence-electron chi connectivity index (χ4n) is 1.90. The van der Waals surface area contributed by atoms with Crippen molar-refractivity contribution in [3.05, 3.63) is 47.2 Å². The van der Waals surface area contributed by atoms with Crippen LogP contribution in [0.2, 0.25) is 5.15 Å². The third-order valence-corrected chi connectivity index (χ3v) is 5.21. The molecule has 0 fully saturated rings. The summed E-state index contributed by atoms with van der Waals surface area (Å²) >= 11 is 5.76. The highest BCUT2D eigenvalue weighted by atomic mass is 35.5. The van der Waals surface area contributed by atoms with Gasteiger partial charge in [0, 0.05) is 31.5 Å². The second-order valence-corrected chi connectivity index (χ2v) is 7.48. The van der Waals surface area contributed by atoms with Crippen molar-refractivity contribution < 1.29 is 17.9 Å². The third kappa shape index (κ3) is 3.84. The van der Waals surface area contributed by atoms with Crippen LogP contribution in [0, 0.1) is 0 Å². The monoisotopic (exact) mass is 369 g/mol. The molecule has 0 saturated carbocycles. The molecule has 7 nitrogen and oxygen atoms in total. The first-order chi connectivity index (χ1) is 11.3. The van der Waals surface area contributed by atoms with Gasteiger partial charge in [0.25, 0.3) is 5.91 Å². The minimum atomic E-state index is -3.72. The number of aromatic nitrogens is 1. The molecule has 2 aromatic rings. The largest absolute Gasteiger partial charge is 0.495 e. The molecule has 0 aliphatic rings. The molecule has 1 aromatic heterocycles. The number of hydrogen-bond acceptors (Lipinski definition) is 5. The van der Waals surface area contributed by atoms with Crippen molar-refractivity contribution in [1.82, 2.24) is 9.29 Å². The van der Waals surface area contributed by atoms with Gasteiger partial charge in [-0.1, -0.05) is 11.6 Å². The number of sulfonamides is 1. The number of nitrogens with one attached hydrogen (secondary N) is 1. The molecule has 1 heterocycles. The molecular weight excluding hydrogens is 354 g/mol. The molecule has 0 radical (unpaired) electrons. The van der Waals surface area contributed by atoms with Crippen molar-refractivity contribution in [3.8, 4) is 5.75 Å². The predicted molar refractivity (Wildman–Crippen MR) is 91.1 cm³/mol. The number of pyridine rings is 1. The summed E-state index contributed by atoms with van der Waals surface area (Å²) in [4.78, 5) is 16.0. The van der Waals surface area contributed by atoms with Crippen LogP contribution in [0.25, 0.3) is 0 Å². The molecule has 0 bridgehead atoms. The molecule has 0 unspecified atom stereocenters. The lowest BCUT2D eigenvalue weighted by Gasteiger charge is -2.16. The van der Waals surface area contributed by atoms with Gasteiger partial charge in [-0.05, 0) is 30.3 Å². The Labute approximate surface area is 145 Å². The maximum atomic E-state index is 12.4. The summed E-state index contributed by atoms with van der Waals surface area (Å²) < 4.78 is 30.9. The molecule has 0 aliphatic heterocycles. The zero-order valence-electron chi connectivity index (χ0n) is 13.3. The van der Waals surface area contributed by atoms with E-state index in [0.717, 1.165) is 4.31 Å². The van der Waals surface area contributed by atoms with Crippen LogP contribution in [0.5, 0.6) is 5.75 Å². The first-order valence-electron chi connectivity index (χ1n) is 6.79. The maximum Gasteiger partial charge on any atom is 0.255 e. The summed E-state index contributed by atoms with van der Waals surface area (Å²) in [6.07, 6.45) is 1.41. The van der Waals surface area contributed by atoms with Crippen LogP contribution >= 0.6 is 11.6 Å². The van der Waals surface area contributed by atoms with Crippen LogP contribution in [-0.4, -0.2) is 44.8 Å². The Kier molecular flexibility index (Phi) is 5.43. The molecule has 0 aliphatic carbocycles. The van der Waals surface area contributed by atoms with Crippen LogP contribution < -0.4 is 10.1 Å². The van der Waals surface area contributed by atoms with Gasteiger partial charge in [-0.3, -0.25) is 4.79 Å². The topological polar surface area (TPSA) is 88.6 Å². The van der Waals surface area contributed by atoms with E-state index in [0.29, 0.717) is 11.3 Å². The first-order valence-corrected chi connectivity index (χ1v) is 8.61. The van der Waals surface area contributed by atoms with Crippen LogP contribution in [-0.2, 0) is 10.0 Å². The van der Waals surface area contributed by atoms with E-state index in [9.17, 15) is 13.2 Å². The van der Waals surface area contributed by atoms with Gasteiger partial charge >= 0.3 is 0 Å². The Bertz CT molecular complexity index is 869. The zero-order valence-corrected chi connectivity index (χ0v) is 14.9. The van der Waals surface area contributed by atoms with E-state index in [1.807, 2.05) is 0 Å². The van der Waals surface area contributed by atoms with Crippen LogP contribution in [0.15, 0.2) is 41.4 Å². The molecule has 9 heteroatoms. The van der Waals surface area contributed by atoms with E-state index in [-0.39, 0.29) is 15.8 Å². The number of nitrogens with zero attached hydrogens (tertiary/aromatic N) is 2. The number of hydrogen-bond donors (Lipinski definition) is 1. The summed E-state index contributed by atoms with van der Waals surface area (Å²) in [5.74, 6) is -0.244. The standard InChI is InChI=1S/C15H16ClN3O4S/c1-19(2)24(21,22)13-9-11(4-5-12(13)23-3)18-15(20)10-6-7-17-14(16)8-10/h4-9H,1-3H3,(H,18,20). The van der Waals surface area contributed by atoms with E-state index in [2.05, 4.69) is 10.3 Å². The maximum absolute atomic E-state index is 12.4. The first kappa shape index (κ1) is 18.2. The summed E-state index contributed by atoms with van der Waals surface area (Å²) in [7, 11) is 0.484. The lowest BCUT2D eigenvalue weighted by molar-refractivity contribution is 0.102. The fraction of sp³-hybridized carbons (Fsp3) is 0.200. The highest BCUT2D eigenvalue weighted by Gasteiger charge is 2.23. The van der Waals surface area contributed by atoms with Gasteiger partial charge in [-0.2, -0.15) is 0 Å². The van der Waals surface area contributed by atoms with E-state index in [4.69, 9.17) is 16.3 Å². The number of carbonyl (C=O) groups excluding carboxylic acids is 1. The van der Waals surface area contributed by atoms with Crippen molar-refractivity contribution in [2.45, 2.75) is 4.90 Å².